The van der Waals surface area contributed by atoms with Gasteiger partial charge in [0, 0.05) is 23.3 Å². The van der Waals surface area contributed by atoms with E-state index in [1.54, 1.807) is 24.4 Å². The second-order valence-corrected chi connectivity index (χ2v) is 6.28. The van der Waals surface area contributed by atoms with E-state index < -0.39 is 0 Å². The van der Waals surface area contributed by atoms with E-state index in [9.17, 15) is 4.79 Å². The van der Waals surface area contributed by atoms with Crippen molar-refractivity contribution >= 4 is 23.0 Å². The second-order valence-electron chi connectivity index (χ2n) is 6.28. The normalized spacial score (nSPS) is 10.3. The van der Waals surface area contributed by atoms with Gasteiger partial charge in [-0.1, -0.05) is 12.1 Å². The first-order valence-electron chi connectivity index (χ1n) is 8.89. The highest BCUT2D eigenvalue weighted by atomic mass is 16.5. The minimum Gasteiger partial charge on any atom is -0.494 e. The molecule has 0 aliphatic heterocycles. The molecule has 2 aromatic carbocycles. The number of ether oxygens (including phenoxy) is 1. The molecule has 3 rings (SSSR count). The first-order valence-corrected chi connectivity index (χ1v) is 8.89. The third-order valence-corrected chi connectivity index (χ3v) is 4.09. The molecule has 27 heavy (non-hydrogen) atoms. The molecule has 1 aromatic heterocycles. The van der Waals surface area contributed by atoms with Crippen LogP contribution in [0.25, 0.3) is 0 Å². The third kappa shape index (κ3) is 4.85. The zero-order valence-electron chi connectivity index (χ0n) is 15.7. The first kappa shape index (κ1) is 18.5. The molecule has 0 radical (unpaired) electrons. The minimum absolute atomic E-state index is 0.260. The Hall–Kier alpha value is -3.34. The number of amides is 1. The van der Waals surface area contributed by atoms with E-state index in [1.165, 1.54) is 5.56 Å². The molecular weight excluding hydrogens is 338 g/mol. The van der Waals surface area contributed by atoms with Crippen molar-refractivity contribution < 1.29 is 9.53 Å². The summed E-state index contributed by atoms with van der Waals surface area (Å²) in [4.78, 5) is 16.7. The number of hydrogen-bond donors (Lipinski definition) is 2. The van der Waals surface area contributed by atoms with Crippen LogP contribution in [0.5, 0.6) is 5.75 Å². The summed E-state index contributed by atoms with van der Waals surface area (Å²) < 4.78 is 5.41. The van der Waals surface area contributed by atoms with Crippen LogP contribution >= 0.6 is 0 Å². The van der Waals surface area contributed by atoms with Gasteiger partial charge in [-0.15, -0.1) is 0 Å². The van der Waals surface area contributed by atoms with Crippen LogP contribution in [0.4, 0.5) is 17.1 Å². The van der Waals surface area contributed by atoms with E-state index in [1.807, 2.05) is 39.0 Å². The number of anilines is 3. The summed E-state index contributed by atoms with van der Waals surface area (Å²) in [6, 6.07) is 17.1. The molecule has 138 valence electrons. The van der Waals surface area contributed by atoms with E-state index in [0.29, 0.717) is 18.0 Å². The summed E-state index contributed by atoms with van der Waals surface area (Å²) in [7, 11) is 0. The fraction of sp³-hybridized carbons (Fsp3) is 0.182. The van der Waals surface area contributed by atoms with Crippen LogP contribution < -0.4 is 15.4 Å². The molecule has 1 heterocycles. The monoisotopic (exact) mass is 361 g/mol. The molecule has 0 saturated carbocycles. The van der Waals surface area contributed by atoms with Crippen molar-refractivity contribution in [1.82, 2.24) is 4.98 Å². The maximum atomic E-state index is 12.5. The Kier molecular flexibility index (Phi) is 5.71. The lowest BCUT2D eigenvalue weighted by Crippen LogP contribution is -2.13. The summed E-state index contributed by atoms with van der Waals surface area (Å²) in [5, 5.41) is 6.21. The van der Waals surface area contributed by atoms with Crippen molar-refractivity contribution in [3.05, 3.63) is 77.6 Å². The Morgan fingerprint density at radius 3 is 2.52 bits per heavy atom. The zero-order chi connectivity index (χ0) is 19.2. The molecule has 0 aliphatic carbocycles. The lowest BCUT2D eigenvalue weighted by molar-refractivity contribution is 0.102. The maximum Gasteiger partial charge on any atom is 0.274 e. The Morgan fingerprint density at radius 1 is 1.00 bits per heavy atom. The van der Waals surface area contributed by atoms with E-state index in [4.69, 9.17) is 4.74 Å². The number of hydrogen-bond acceptors (Lipinski definition) is 4. The average Bonchev–Trinajstić information content (AvgIpc) is 2.67. The average molecular weight is 361 g/mol. The minimum atomic E-state index is -0.260. The Labute approximate surface area is 159 Å². The van der Waals surface area contributed by atoms with Gasteiger partial charge in [0.2, 0.25) is 0 Å². The van der Waals surface area contributed by atoms with Crippen molar-refractivity contribution in [2.24, 2.45) is 0 Å². The number of rotatable bonds is 6. The summed E-state index contributed by atoms with van der Waals surface area (Å²) in [5.74, 6) is 0.511. The van der Waals surface area contributed by atoms with Crippen molar-refractivity contribution in [2.75, 3.05) is 17.2 Å². The van der Waals surface area contributed by atoms with Gasteiger partial charge in [-0.3, -0.25) is 9.78 Å². The zero-order valence-corrected chi connectivity index (χ0v) is 15.7. The molecule has 0 spiro atoms. The molecule has 2 N–H and O–H groups in total. The van der Waals surface area contributed by atoms with Crippen LogP contribution in [0.15, 0.2) is 60.8 Å². The number of pyridine rings is 1. The SMILES string of the molecule is CCOc1ccc(NC(=O)c2cc(Nc3cc(C)ccc3C)ccn2)cc1. The summed E-state index contributed by atoms with van der Waals surface area (Å²) in [5.41, 5.74) is 5.18. The van der Waals surface area contributed by atoms with Crippen LogP contribution in [0, 0.1) is 13.8 Å². The lowest BCUT2D eigenvalue weighted by atomic mass is 10.1. The molecule has 3 aromatic rings. The number of nitrogens with zero attached hydrogens (tertiary/aromatic N) is 1. The molecule has 0 fully saturated rings. The Morgan fingerprint density at radius 2 is 1.78 bits per heavy atom. The number of aryl methyl sites for hydroxylation is 2. The van der Waals surface area contributed by atoms with Gasteiger partial charge in [-0.05, 0) is 74.4 Å². The van der Waals surface area contributed by atoms with Crippen molar-refractivity contribution in [2.45, 2.75) is 20.8 Å². The smallest absolute Gasteiger partial charge is 0.274 e. The topological polar surface area (TPSA) is 63.2 Å². The van der Waals surface area contributed by atoms with Crippen LogP contribution in [0.1, 0.15) is 28.5 Å². The summed E-state index contributed by atoms with van der Waals surface area (Å²) in [6.07, 6.45) is 1.63. The number of carbonyl (C=O) groups excluding carboxylic acids is 1. The molecule has 0 bridgehead atoms. The highest BCUT2D eigenvalue weighted by Gasteiger charge is 2.09. The molecule has 5 nitrogen and oxygen atoms in total. The largest absolute Gasteiger partial charge is 0.494 e. The van der Waals surface area contributed by atoms with Gasteiger partial charge < -0.3 is 15.4 Å². The van der Waals surface area contributed by atoms with E-state index in [2.05, 4.69) is 33.8 Å². The molecule has 0 aliphatic rings. The predicted molar refractivity (Wildman–Crippen MR) is 109 cm³/mol. The van der Waals surface area contributed by atoms with Gasteiger partial charge >= 0.3 is 0 Å². The second kappa shape index (κ2) is 8.36. The number of benzene rings is 2. The molecular formula is C22H23N3O2. The number of carbonyl (C=O) groups is 1. The van der Waals surface area contributed by atoms with Gasteiger partial charge in [0.1, 0.15) is 11.4 Å². The van der Waals surface area contributed by atoms with Gasteiger partial charge in [-0.25, -0.2) is 0 Å². The fourth-order valence-corrected chi connectivity index (χ4v) is 2.65. The van der Waals surface area contributed by atoms with E-state index in [-0.39, 0.29) is 5.91 Å². The van der Waals surface area contributed by atoms with Crippen LogP contribution in [-0.2, 0) is 0 Å². The third-order valence-electron chi connectivity index (χ3n) is 4.09. The summed E-state index contributed by atoms with van der Waals surface area (Å²) in [6.45, 7) is 6.63. The highest BCUT2D eigenvalue weighted by molar-refractivity contribution is 6.03. The van der Waals surface area contributed by atoms with Crippen molar-refractivity contribution in [3.8, 4) is 5.75 Å². The number of aromatic nitrogens is 1. The molecule has 5 heteroatoms. The predicted octanol–water partition coefficient (Wildman–Crippen LogP) is 5.09. The van der Waals surface area contributed by atoms with Crippen LogP contribution in [0.2, 0.25) is 0 Å². The van der Waals surface area contributed by atoms with Crippen molar-refractivity contribution in [3.63, 3.8) is 0 Å². The van der Waals surface area contributed by atoms with E-state index >= 15 is 0 Å². The van der Waals surface area contributed by atoms with Crippen LogP contribution in [0.3, 0.4) is 0 Å². The Bertz CT molecular complexity index is 937. The molecule has 1 amide bonds. The summed E-state index contributed by atoms with van der Waals surface area (Å²) >= 11 is 0. The molecule has 0 atom stereocenters. The Balaban J connectivity index is 1.72. The molecule has 0 saturated heterocycles. The fourth-order valence-electron chi connectivity index (χ4n) is 2.65. The standard InChI is InChI=1S/C22H23N3O2/c1-4-27-19-9-7-17(8-10-19)25-22(26)21-14-18(11-12-23-21)24-20-13-15(2)5-6-16(20)3/h5-14H,4H2,1-3H3,(H,23,24)(H,25,26). The van der Waals surface area contributed by atoms with Gasteiger partial charge in [0.05, 0.1) is 6.61 Å². The molecule has 0 unspecified atom stereocenters. The van der Waals surface area contributed by atoms with Crippen molar-refractivity contribution in [1.29, 1.82) is 0 Å². The quantitative estimate of drug-likeness (QED) is 0.642. The van der Waals surface area contributed by atoms with Gasteiger partial charge in [0.15, 0.2) is 0 Å². The highest BCUT2D eigenvalue weighted by Crippen LogP contribution is 2.22. The van der Waals surface area contributed by atoms with Gasteiger partial charge in [-0.2, -0.15) is 0 Å². The van der Waals surface area contributed by atoms with Crippen LogP contribution in [-0.4, -0.2) is 17.5 Å². The van der Waals surface area contributed by atoms with E-state index in [0.717, 1.165) is 22.7 Å². The first-order chi connectivity index (χ1) is 13.0. The number of nitrogens with one attached hydrogen (secondary N) is 2. The maximum absolute atomic E-state index is 12.5. The lowest BCUT2D eigenvalue weighted by Gasteiger charge is -2.11. The van der Waals surface area contributed by atoms with Gasteiger partial charge in [0.25, 0.3) is 5.91 Å².